The van der Waals surface area contributed by atoms with Crippen molar-refractivity contribution in [1.82, 2.24) is 15.0 Å². The van der Waals surface area contributed by atoms with E-state index in [1.54, 1.807) is 0 Å². The molecule has 90 valence electrons. The smallest absolute Gasteiger partial charge is 0.240 e. The molecule has 2 heterocycles. The standard InChI is InChI=1S/C11H20N4O/c12-8-11-13-10(14-16-11)9-15-6-4-2-1-3-5-7-15/h1-9,12H2. The third-order valence-corrected chi connectivity index (χ3v) is 3.00. The highest BCUT2D eigenvalue weighted by Gasteiger charge is 2.12. The lowest BCUT2D eigenvalue weighted by Crippen LogP contribution is -2.27. The molecule has 1 aliphatic heterocycles. The van der Waals surface area contributed by atoms with Gasteiger partial charge in [-0.25, -0.2) is 0 Å². The fourth-order valence-electron chi connectivity index (χ4n) is 2.11. The molecular weight excluding hydrogens is 204 g/mol. The van der Waals surface area contributed by atoms with Gasteiger partial charge in [0.05, 0.1) is 13.1 Å². The number of rotatable bonds is 3. The van der Waals surface area contributed by atoms with Crippen LogP contribution in [0.3, 0.4) is 0 Å². The van der Waals surface area contributed by atoms with Crippen LogP contribution >= 0.6 is 0 Å². The van der Waals surface area contributed by atoms with E-state index in [1.807, 2.05) is 0 Å². The molecule has 0 aliphatic carbocycles. The van der Waals surface area contributed by atoms with Gasteiger partial charge in [0.25, 0.3) is 0 Å². The summed E-state index contributed by atoms with van der Waals surface area (Å²) in [6.07, 6.45) is 6.63. The molecule has 0 aromatic carbocycles. The van der Waals surface area contributed by atoms with Crippen LogP contribution in [0, 0.1) is 0 Å². The van der Waals surface area contributed by atoms with E-state index < -0.39 is 0 Å². The maximum absolute atomic E-state index is 5.43. The van der Waals surface area contributed by atoms with E-state index in [9.17, 15) is 0 Å². The van der Waals surface area contributed by atoms with Gasteiger partial charge in [-0.2, -0.15) is 4.98 Å². The van der Waals surface area contributed by atoms with E-state index in [-0.39, 0.29) is 0 Å². The van der Waals surface area contributed by atoms with E-state index in [4.69, 9.17) is 10.3 Å². The van der Waals surface area contributed by atoms with Gasteiger partial charge in [-0.15, -0.1) is 0 Å². The topological polar surface area (TPSA) is 68.2 Å². The number of nitrogens with zero attached hydrogens (tertiary/aromatic N) is 3. The van der Waals surface area contributed by atoms with E-state index in [2.05, 4.69) is 15.0 Å². The van der Waals surface area contributed by atoms with Gasteiger partial charge in [0.1, 0.15) is 0 Å². The molecule has 1 aromatic heterocycles. The fourth-order valence-corrected chi connectivity index (χ4v) is 2.11. The van der Waals surface area contributed by atoms with Crippen LogP contribution in [0.4, 0.5) is 0 Å². The zero-order chi connectivity index (χ0) is 11.2. The monoisotopic (exact) mass is 224 g/mol. The Morgan fingerprint density at radius 3 is 2.44 bits per heavy atom. The van der Waals surface area contributed by atoms with Crippen LogP contribution in [0.15, 0.2) is 4.52 Å². The first-order valence-electron chi connectivity index (χ1n) is 6.12. The quantitative estimate of drug-likeness (QED) is 0.838. The zero-order valence-electron chi connectivity index (χ0n) is 9.69. The van der Waals surface area contributed by atoms with Crippen LogP contribution in [-0.2, 0) is 13.1 Å². The Hall–Kier alpha value is -0.940. The predicted octanol–water partition coefficient (Wildman–Crippen LogP) is 1.29. The molecule has 5 nitrogen and oxygen atoms in total. The van der Waals surface area contributed by atoms with E-state index in [0.29, 0.717) is 12.4 Å². The normalized spacial score (nSPS) is 19.3. The molecule has 0 atom stereocenters. The van der Waals surface area contributed by atoms with Crippen LogP contribution in [0.1, 0.15) is 43.8 Å². The molecule has 2 rings (SSSR count). The Morgan fingerprint density at radius 2 is 1.81 bits per heavy atom. The van der Waals surface area contributed by atoms with Crippen LogP contribution < -0.4 is 5.73 Å². The Morgan fingerprint density at radius 1 is 1.12 bits per heavy atom. The summed E-state index contributed by atoms with van der Waals surface area (Å²) in [5, 5.41) is 3.93. The van der Waals surface area contributed by atoms with Crippen molar-refractivity contribution >= 4 is 0 Å². The maximum atomic E-state index is 5.43. The van der Waals surface area contributed by atoms with Crippen LogP contribution in [-0.4, -0.2) is 28.1 Å². The lowest BCUT2D eigenvalue weighted by Gasteiger charge is -2.22. The molecule has 0 unspecified atom stereocenters. The van der Waals surface area contributed by atoms with Gasteiger partial charge in [-0.1, -0.05) is 24.4 Å². The largest absolute Gasteiger partial charge is 0.338 e. The van der Waals surface area contributed by atoms with Gasteiger partial charge in [0.15, 0.2) is 5.82 Å². The summed E-state index contributed by atoms with van der Waals surface area (Å²) in [5.41, 5.74) is 5.43. The molecule has 0 radical (unpaired) electrons. The van der Waals surface area contributed by atoms with Crippen LogP contribution in [0.2, 0.25) is 0 Å². The molecule has 5 heteroatoms. The SMILES string of the molecule is NCc1nc(CN2CCCCCCC2)no1. The summed E-state index contributed by atoms with van der Waals surface area (Å²) < 4.78 is 5.00. The predicted molar refractivity (Wildman–Crippen MR) is 60.6 cm³/mol. The van der Waals surface area contributed by atoms with Crippen molar-refractivity contribution in [1.29, 1.82) is 0 Å². The van der Waals surface area contributed by atoms with Gasteiger partial charge in [0.2, 0.25) is 5.89 Å². The summed E-state index contributed by atoms with van der Waals surface area (Å²) in [6, 6.07) is 0. The number of hydrogen-bond acceptors (Lipinski definition) is 5. The maximum Gasteiger partial charge on any atom is 0.240 e. The molecule has 1 aromatic rings. The molecule has 1 aliphatic rings. The summed E-state index contributed by atoms with van der Waals surface area (Å²) in [6.45, 7) is 3.41. The average Bonchev–Trinajstić information content (AvgIpc) is 2.69. The fraction of sp³-hybridized carbons (Fsp3) is 0.818. The molecule has 0 bridgehead atoms. The van der Waals surface area contributed by atoms with Crippen molar-refractivity contribution in [2.45, 2.75) is 45.2 Å². The minimum Gasteiger partial charge on any atom is -0.338 e. The summed E-state index contributed by atoms with van der Waals surface area (Å²) in [7, 11) is 0. The highest BCUT2D eigenvalue weighted by atomic mass is 16.5. The molecule has 0 amide bonds. The zero-order valence-corrected chi connectivity index (χ0v) is 9.69. The van der Waals surface area contributed by atoms with Crippen LogP contribution in [0.25, 0.3) is 0 Å². The van der Waals surface area contributed by atoms with E-state index in [1.165, 1.54) is 32.1 Å². The van der Waals surface area contributed by atoms with Crippen molar-refractivity contribution < 1.29 is 4.52 Å². The van der Waals surface area contributed by atoms with Gasteiger partial charge in [-0.3, -0.25) is 4.90 Å². The van der Waals surface area contributed by atoms with E-state index in [0.717, 1.165) is 25.5 Å². The third kappa shape index (κ3) is 3.28. The van der Waals surface area contributed by atoms with Crippen molar-refractivity contribution in [3.8, 4) is 0 Å². The van der Waals surface area contributed by atoms with Gasteiger partial charge in [-0.05, 0) is 25.9 Å². The lowest BCUT2D eigenvalue weighted by atomic mass is 10.1. The second-order valence-electron chi connectivity index (χ2n) is 4.35. The minimum atomic E-state index is 0.326. The van der Waals surface area contributed by atoms with Crippen molar-refractivity contribution in [3.63, 3.8) is 0 Å². The lowest BCUT2D eigenvalue weighted by molar-refractivity contribution is 0.231. The first-order chi connectivity index (χ1) is 7.88. The van der Waals surface area contributed by atoms with E-state index >= 15 is 0 Å². The highest BCUT2D eigenvalue weighted by Crippen LogP contribution is 2.12. The van der Waals surface area contributed by atoms with Crippen molar-refractivity contribution in [3.05, 3.63) is 11.7 Å². The van der Waals surface area contributed by atoms with Crippen molar-refractivity contribution in [2.24, 2.45) is 5.73 Å². The first kappa shape index (κ1) is 11.5. The molecule has 0 saturated carbocycles. The number of hydrogen-bond donors (Lipinski definition) is 1. The molecule has 2 N–H and O–H groups in total. The average molecular weight is 224 g/mol. The first-order valence-corrected chi connectivity index (χ1v) is 6.12. The third-order valence-electron chi connectivity index (χ3n) is 3.00. The summed E-state index contributed by atoms with van der Waals surface area (Å²) >= 11 is 0. The number of likely N-dealkylation sites (tertiary alicyclic amines) is 1. The minimum absolute atomic E-state index is 0.326. The van der Waals surface area contributed by atoms with Crippen molar-refractivity contribution in [2.75, 3.05) is 13.1 Å². The molecule has 0 spiro atoms. The molecular formula is C11H20N4O. The Kier molecular flexibility index (Phi) is 4.30. The van der Waals surface area contributed by atoms with Crippen LogP contribution in [0.5, 0.6) is 0 Å². The van der Waals surface area contributed by atoms with Gasteiger partial charge >= 0.3 is 0 Å². The second kappa shape index (κ2) is 5.96. The Labute approximate surface area is 96.0 Å². The Bertz CT molecular complexity index is 305. The summed E-state index contributed by atoms with van der Waals surface area (Å²) in [5.74, 6) is 1.29. The van der Waals surface area contributed by atoms with Gasteiger partial charge in [0, 0.05) is 0 Å². The highest BCUT2D eigenvalue weighted by molar-refractivity contribution is 4.85. The molecule has 1 saturated heterocycles. The molecule has 16 heavy (non-hydrogen) atoms. The summed E-state index contributed by atoms with van der Waals surface area (Å²) in [4.78, 5) is 6.64. The van der Waals surface area contributed by atoms with Gasteiger partial charge < -0.3 is 10.3 Å². The molecule has 1 fully saturated rings. The number of nitrogens with two attached hydrogens (primary N) is 1. The second-order valence-corrected chi connectivity index (χ2v) is 4.35. The Balaban J connectivity index is 1.86. The number of aromatic nitrogens is 2.